The van der Waals surface area contributed by atoms with Crippen LogP contribution in [0.3, 0.4) is 0 Å². The summed E-state index contributed by atoms with van der Waals surface area (Å²) < 4.78 is 26.7. The number of rotatable bonds is 6. The van der Waals surface area contributed by atoms with Crippen LogP contribution in [0.1, 0.15) is 37.0 Å². The SMILES string of the molecule is CCCC(C)(O)CNC(=O)c1cc([N+](=O)[O-])c(F)cc1F. The lowest BCUT2D eigenvalue weighted by Gasteiger charge is -2.22. The number of hydrogen-bond acceptors (Lipinski definition) is 4. The first-order valence-corrected chi connectivity index (χ1v) is 6.32. The third-order valence-corrected chi connectivity index (χ3v) is 2.90. The van der Waals surface area contributed by atoms with Gasteiger partial charge in [-0.25, -0.2) is 4.39 Å². The van der Waals surface area contributed by atoms with Crippen molar-refractivity contribution in [3.8, 4) is 0 Å². The van der Waals surface area contributed by atoms with E-state index in [0.29, 0.717) is 18.9 Å². The van der Waals surface area contributed by atoms with Crippen molar-refractivity contribution in [2.75, 3.05) is 6.54 Å². The Kier molecular flexibility index (Phi) is 5.31. The predicted octanol–water partition coefficient (Wildman–Crippen LogP) is 2.15. The Labute approximate surface area is 119 Å². The highest BCUT2D eigenvalue weighted by Crippen LogP contribution is 2.21. The molecule has 8 heteroatoms. The summed E-state index contributed by atoms with van der Waals surface area (Å²) in [4.78, 5) is 21.3. The summed E-state index contributed by atoms with van der Waals surface area (Å²) in [6.45, 7) is 3.20. The van der Waals surface area contributed by atoms with Crippen molar-refractivity contribution in [1.29, 1.82) is 0 Å². The van der Waals surface area contributed by atoms with E-state index in [1.54, 1.807) is 0 Å². The van der Waals surface area contributed by atoms with Crippen LogP contribution in [-0.2, 0) is 0 Å². The van der Waals surface area contributed by atoms with Crippen molar-refractivity contribution in [2.24, 2.45) is 0 Å². The average Bonchev–Trinajstić information content (AvgIpc) is 2.35. The fourth-order valence-corrected chi connectivity index (χ4v) is 1.84. The zero-order valence-corrected chi connectivity index (χ0v) is 11.7. The van der Waals surface area contributed by atoms with E-state index in [1.807, 2.05) is 6.92 Å². The molecule has 0 aliphatic carbocycles. The largest absolute Gasteiger partial charge is 0.388 e. The highest BCUT2D eigenvalue weighted by molar-refractivity contribution is 5.95. The molecule has 0 saturated carbocycles. The maximum atomic E-state index is 13.5. The molecule has 0 saturated heterocycles. The Hall–Kier alpha value is -2.09. The number of hydrogen-bond donors (Lipinski definition) is 2. The zero-order valence-electron chi connectivity index (χ0n) is 11.7. The minimum absolute atomic E-state index is 0.149. The van der Waals surface area contributed by atoms with Gasteiger partial charge in [-0.05, 0) is 13.3 Å². The van der Waals surface area contributed by atoms with E-state index in [4.69, 9.17) is 0 Å². The fourth-order valence-electron chi connectivity index (χ4n) is 1.84. The summed E-state index contributed by atoms with van der Waals surface area (Å²) in [5.74, 6) is -3.51. The number of halogens is 2. The molecule has 0 bridgehead atoms. The number of nitro benzene ring substituents is 1. The van der Waals surface area contributed by atoms with Crippen molar-refractivity contribution >= 4 is 11.6 Å². The third-order valence-electron chi connectivity index (χ3n) is 2.90. The van der Waals surface area contributed by atoms with Crippen molar-refractivity contribution in [2.45, 2.75) is 32.3 Å². The molecular formula is C13H16F2N2O4. The average molecular weight is 302 g/mol. The van der Waals surface area contributed by atoms with Crippen LogP contribution in [0.4, 0.5) is 14.5 Å². The van der Waals surface area contributed by atoms with Gasteiger partial charge in [-0.1, -0.05) is 13.3 Å². The highest BCUT2D eigenvalue weighted by Gasteiger charge is 2.24. The predicted molar refractivity (Wildman–Crippen MR) is 70.9 cm³/mol. The highest BCUT2D eigenvalue weighted by atomic mass is 19.1. The molecule has 0 aliphatic rings. The Balaban J connectivity index is 2.93. The smallest absolute Gasteiger partial charge is 0.305 e. The van der Waals surface area contributed by atoms with Gasteiger partial charge in [0, 0.05) is 18.7 Å². The molecule has 1 amide bonds. The molecule has 116 valence electrons. The van der Waals surface area contributed by atoms with E-state index in [9.17, 15) is 28.8 Å². The summed E-state index contributed by atoms with van der Waals surface area (Å²) >= 11 is 0. The lowest BCUT2D eigenvalue weighted by molar-refractivity contribution is -0.387. The normalized spacial score (nSPS) is 13.6. The number of nitrogens with zero attached hydrogens (tertiary/aromatic N) is 1. The van der Waals surface area contributed by atoms with Gasteiger partial charge in [0.2, 0.25) is 5.82 Å². The van der Waals surface area contributed by atoms with Gasteiger partial charge in [0.25, 0.3) is 5.91 Å². The number of carbonyl (C=O) groups excluding carboxylic acids is 1. The summed E-state index contributed by atoms with van der Waals surface area (Å²) in [7, 11) is 0. The van der Waals surface area contributed by atoms with Crippen LogP contribution in [0, 0.1) is 21.7 Å². The topological polar surface area (TPSA) is 92.5 Å². The fraction of sp³-hybridized carbons (Fsp3) is 0.462. The van der Waals surface area contributed by atoms with E-state index in [2.05, 4.69) is 5.32 Å². The molecular weight excluding hydrogens is 286 g/mol. The summed E-state index contributed by atoms with van der Waals surface area (Å²) in [5.41, 5.74) is -2.80. The molecule has 1 atom stereocenters. The number of carbonyl (C=O) groups is 1. The lowest BCUT2D eigenvalue weighted by Crippen LogP contribution is -2.40. The van der Waals surface area contributed by atoms with Gasteiger partial charge in [0.05, 0.1) is 16.1 Å². The van der Waals surface area contributed by atoms with E-state index in [-0.39, 0.29) is 12.6 Å². The Morgan fingerprint density at radius 2 is 2.05 bits per heavy atom. The van der Waals surface area contributed by atoms with Crippen molar-refractivity contribution in [3.63, 3.8) is 0 Å². The number of nitro groups is 1. The molecule has 0 aromatic heterocycles. The van der Waals surface area contributed by atoms with Gasteiger partial charge < -0.3 is 10.4 Å². The monoisotopic (exact) mass is 302 g/mol. The molecule has 1 aromatic rings. The molecule has 0 spiro atoms. The molecule has 1 unspecified atom stereocenters. The van der Waals surface area contributed by atoms with Crippen molar-refractivity contribution in [1.82, 2.24) is 5.32 Å². The Bertz CT molecular complexity index is 561. The van der Waals surface area contributed by atoms with Gasteiger partial charge in [-0.2, -0.15) is 4.39 Å². The molecule has 0 fully saturated rings. The molecule has 1 aromatic carbocycles. The van der Waals surface area contributed by atoms with Crippen LogP contribution in [0.2, 0.25) is 0 Å². The first-order valence-electron chi connectivity index (χ1n) is 6.32. The summed E-state index contributed by atoms with van der Waals surface area (Å²) in [6.07, 6.45) is 1.10. The third kappa shape index (κ3) is 4.45. The number of nitrogens with one attached hydrogen (secondary N) is 1. The second kappa shape index (κ2) is 6.57. The second-order valence-corrected chi connectivity index (χ2v) is 4.97. The molecule has 0 aliphatic heterocycles. The molecule has 1 rings (SSSR count). The first kappa shape index (κ1) is 17.0. The molecule has 21 heavy (non-hydrogen) atoms. The number of aliphatic hydroxyl groups is 1. The van der Waals surface area contributed by atoms with Crippen LogP contribution in [0.15, 0.2) is 12.1 Å². The Morgan fingerprint density at radius 3 is 2.57 bits per heavy atom. The lowest BCUT2D eigenvalue weighted by atomic mass is 10.0. The Morgan fingerprint density at radius 1 is 1.43 bits per heavy atom. The summed E-state index contributed by atoms with van der Waals surface area (Å²) in [6, 6.07) is 0.825. The van der Waals surface area contributed by atoms with E-state index >= 15 is 0 Å². The van der Waals surface area contributed by atoms with Crippen LogP contribution in [0.25, 0.3) is 0 Å². The van der Waals surface area contributed by atoms with Crippen LogP contribution < -0.4 is 5.32 Å². The van der Waals surface area contributed by atoms with Crippen molar-refractivity contribution in [3.05, 3.63) is 39.4 Å². The standard InChI is InChI=1S/C13H16F2N2O4/c1-3-4-13(2,19)7-16-12(18)8-5-11(17(20)21)10(15)6-9(8)14/h5-6,19H,3-4,7H2,1-2H3,(H,16,18). The second-order valence-electron chi connectivity index (χ2n) is 4.97. The van der Waals surface area contributed by atoms with Gasteiger partial charge >= 0.3 is 5.69 Å². The van der Waals surface area contributed by atoms with Gasteiger partial charge in [-0.15, -0.1) is 0 Å². The maximum absolute atomic E-state index is 13.5. The summed E-state index contributed by atoms with van der Waals surface area (Å²) in [5, 5.41) is 22.7. The van der Waals surface area contributed by atoms with E-state index in [0.717, 1.165) is 0 Å². The van der Waals surface area contributed by atoms with Gasteiger partial charge in [0.1, 0.15) is 5.82 Å². The van der Waals surface area contributed by atoms with E-state index < -0.39 is 39.3 Å². The van der Waals surface area contributed by atoms with Crippen molar-refractivity contribution < 1.29 is 23.6 Å². The van der Waals surface area contributed by atoms with Crippen LogP contribution in [0.5, 0.6) is 0 Å². The molecule has 6 nitrogen and oxygen atoms in total. The first-order chi connectivity index (χ1) is 9.68. The molecule has 0 heterocycles. The quantitative estimate of drug-likeness (QED) is 0.622. The minimum atomic E-state index is -1.35. The number of amides is 1. The zero-order chi connectivity index (χ0) is 16.2. The van der Waals surface area contributed by atoms with Crippen LogP contribution >= 0.6 is 0 Å². The molecule has 0 radical (unpaired) electrons. The number of benzene rings is 1. The van der Waals surface area contributed by atoms with Gasteiger partial charge in [0.15, 0.2) is 0 Å². The molecule has 2 N–H and O–H groups in total. The minimum Gasteiger partial charge on any atom is -0.388 e. The maximum Gasteiger partial charge on any atom is 0.305 e. The van der Waals surface area contributed by atoms with Gasteiger partial charge in [-0.3, -0.25) is 14.9 Å². The van der Waals surface area contributed by atoms with E-state index in [1.165, 1.54) is 6.92 Å². The van der Waals surface area contributed by atoms with Crippen LogP contribution in [-0.4, -0.2) is 28.1 Å².